The molecule has 11 heavy (non-hydrogen) atoms. The lowest BCUT2D eigenvalue weighted by atomic mass is 10.5. The molecule has 1 aliphatic carbocycles. The Balaban J connectivity index is 0.000000187. The molecule has 0 spiro atoms. The SMILES string of the molecule is COC(C)=O.O=C(O)C1CC1. The molecule has 0 amide bonds. The first-order valence-corrected chi connectivity index (χ1v) is 3.35. The molecule has 64 valence electrons. The summed E-state index contributed by atoms with van der Waals surface area (Å²) in [7, 11) is 1.35. The lowest BCUT2D eigenvalue weighted by molar-refractivity contribution is -0.139. The summed E-state index contributed by atoms with van der Waals surface area (Å²) >= 11 is 0. The minimum absolute atomic E-state index is 0.0185. The van der Waals surface area contributed by atoms with E-state index < -0.39 is 5.97 Å². The standard InChI is InChI=1S/C4H6O2.C3H6O2/c5-4(6)3-1-2-3;1-3(4)5-2/h3H,1-2H2,(H,5,6);1-2H3. The van der Waals surface area contributed by atoms with Gasteiger partial charge < -0.3 is 9.84 Å². The third-order valence-corrected chi connectivity index (χ3v) is 1.21. The maximum absolute atomic E-state index is 9.76. The summed E-state index contributed by atoms with van der Waals surface area (Å²) in [5, 5.41) is 8.05. The van der Waals surface area contributed by atoms with Crippen LogP contribution in [0, 0.1) is 5.92 Å². The number of hydrogen-bond donors (Lipinski definition) is 1. The van der Waals surface area contributed by atoms with Crippen molar-refractivity contribution >= 4 is 11.9 Å². The molecule has 0 aliphatic heterocycles. The first-order valence-electron chi connectivity index (χ1n) is 3.35. The van der Waals surface area contributed by atoms with Crippen LogP contribution in [0.5, 0.6) is 0 Å². The van der Waals surface area contributed by atoms with Crippen molar-refractivity contribution in [3.05, 3.63) is 0 Å². The van der Waals surface area contributed by atoms with Crippen LogP contribution >= 0.6 is 0 Å². The first-order chi connectivity index (χ1) is 5.07. The molecule has 1 aliphatic rings. The molecular formula is C7H12O4. The fraction of sp³-hybridized carbons (Fsp3) is 0.714. The summed E-state index contributed by atoms with van der Waals surface area (Å²) < 4.78 is 4.11. The van der Waals surface area contributed by atoms with Crippen molar-refractivity contribution in [2.24, 2.45) is 5.92 Å². The van der Waals surface area contributed by atoms with E-state index in [1.807, 2.05) is 0 Å². The minimum Gasteiger partial charge on any atom is -0.481 e. The Morgan fingerprint density at radius 1 is 1.45 bits per heavy atom. The van der Waals surface area contributed by atoms with Crippen LogP contribution in [0.4, 0.5) is 0 Å². The molecule has 0 atom stereocenters. The number of methoxy groups -OCH3 is 1. The first kappa shape index (κ1) is 9.94. The van der Waals surface area contributed by atoms with Crippen molar-refractivity contribution in [1.29, 1.82) is 0 Å². The zero-order chi connectivity index (χ0) is 8.85. The summed E-state index contributed by atoms with van der Waals surface area (Å²) in [6, 6.07) is 0. The van der Waals surface area contributed by atoms with Gasteiger partial charge in [0, 0.05) is 6.92 Å². The van der Waals surface area contributed by atoms with Gasteiger partial charge in [-0.15, -0.1) is 0 Å². The van der Waals surface area contributed by atoms with Gasteiger partial charge in [0.1, 0.15) is 0 Å². The molecule has 0 radical (unpaired) electrons. The number of carboxylic acids is 1. The maximum Gasteiger partial charge on any atom is 0.306 e. The van der Waals surface area contributed by atoms with Crippen molar-refractivity contribution in [3.63, 3.8) is 0 Å². The highest BCUT2D eigenvalue weighted by atomic mass is 16.5. The van der Waals surface area contributed by atoms with Crippen LogP contribution in [0.2, 0.25) is 0 Å². The third-order valence-electron chi connectivity index (χ3n) is 1.21. The quantitative estimate of drug-likeness (QED) is 0.572. The molecule has 1 N–H and O–H groups in total. The average Bonchev–Trinajstić information content (AvgIpc) is 2.69. The highest BCUT2D eigenvalue weighted by molar-refractivity contribution is 5.72. The fourth-order valence-electron chi connectivity index (χ4n) is 0.330. The highest BCUT2D eigenvalue weighted by Gasteiger charge is 2.28. The topological polar surface area (TPSA) is 63.6 Å². The van der Waals surface area contributed by atoms with Gasteiger partial charge in [-0.25, -0.2) is 0 Å². The molecule has 1 rings (SSSR count). The number of carbonyl (C=O) groups is 2. The smallest absolute Gasteiger partial charge is 0.306 e. The van der Waals surface area contributed by atoms with Crippen molar-refractivity contribution in [2.45, 2.75) is 19.8 Å². The fourth-order valence-corrected chi connectivity index (χ4v) is 0.330. The van der Waals surface area contributed by atoms with E-state index in [1.165, 1.54) is 14.0 Å². The van der Waals surface area contributed by atoms with Gasteiger partial charge in [0.2, 0.25) is 0 Å². The van der Waals surface area contributed by atoms with Gasteiger partial charge in [0.05, 0.1) is 13.0 Å². The van der Waals surface area contributed by atoms with Crippen molar-refractivity contribution < 1.29 is 19.4 Å². The summed E-state index contributed by atoms with van der Waals surface area (Å²) in [5.41, 5.74) is 0. The number of ether oxygens (including phenoxy) is 1. The van der Waals surface area contributed by atoms with E-state index >= 15 is 0 Å². The zero-order valence-corrected chi connectivity index (χ0v) is 6.66. The van der Waals surface area contributed by atoms with E-state index in [1.54, 1.807) is 0 Å². The number of hydrogen-bond acceptors (Lipinski definition) is 3. The Morgan fingerprint density at radius 3 is 1.82 bits per heavy atom. The average molecular weight is 160 g/mol. The van der Waals surface area contributed by atoms with Gasteiger partial charge in [-0.3, -0.25) is 9.59 Å². The molecule has 1 fully saturated rings. The molecule has 0 aromatic rings. The Bertz CT molecular complexity index is 149. The third kappa shape index (κ3) is 6.83. The van der Waals surface area contributed by atoms with E-state index in [0.29, 0.717) is 0 Å². The van der Waals surface area contributed by atoms with E-state index in [2.05, 4.69) is 4.74 Å². The Labute approximate surface area is 65.2 Å². The molecule has 4 nitrogen and oxygen atoms in total. The predicted molar refractivity (Wildman–Crippen MR) is 38.0 cm³/mol. The number of carbonyl (C=O) groups excluding carboxylic acids is 1. The molecule has 0 unspecified atom stereocenters. The zero-order valence-electron chi connectivity index (χ0n) is 6.66. The van der Waals surface area contributed by atoms with E-state index in [-0.39, 0.29) is 11.9 Å². The molecule has 0 heterocycles. The van der Waals surface area contributed by atoms with Crippen LogP contribution in [-0.2, 0) is 14.3 Å². The maximum atomic E-state index is 9.76. The van der Waals surface area contributed by atoms with Gasteiger partial charge in [0.15, 0.2) is 0 Å². The number of carboxylic acid groups (broad SMARTS) is 1. The molecule has 1 saturated carbocycles. The van der Waals surface area contributed by atoms with Crippen LogP contribution in [0.25, 0.3) is 0 Å². The van der Waals surface area contributed by atoms with Gasteiger partial charge in [-0.2, -0.15) is 0 Å². The van der Waals surface area contributed by atoms with Crippen LogP contribution in [0.1, 0.15) is 19.8 Å². The normalized spacial score (nSPS) is 14.4. The highest BCUT2D eigenvalue weighted by Crippen LogP contribution is 2.28. The van der Waals surface area contributed by atoms with Crippen molar-refractivity contribution in [1.82, 2.24) is 0 Å². The Kier molecular flexibility index (Phi) is 4.26. The van der Waals surface area contributed by atoms with Crippen LogP contribution < -0.4 is 0 Å². The minimum atomic E-state index is -0.630. The Morgan fingerprint density at radius 2 is 1.82 bits per heavy atom. The summed E-state index contributed by atoms with van der Waals surface area (Å²) in [6.07, 6.45) is 1.80. The predicted octanol–water partition coefficient (Wildman–Crippen LogP) is 0.660. The molecular weight excluding hydrogens is 148 g/mol. The molecule has 4 heteroatoms. The second kappa shape index (κ2) is 4.71. The molecule has 0 aromatic heterocycles. The van der Waals surface area contributed by atoms with Crippen molar-refractivity contribution in [2.75, 3.05) is 7.11 Å². The van der Waals surface area contributed by atoms with Gasteiger partial charge in [0.25, 0.3) is 0 Å². The molecule has 0 aromatic carbocycles. The molecule has 0 bridgehead atoms. The van der Waals surface area contributed by atoms with Crippen LogP contribution in [-0.4, -0.2) is 24.2 Å². The summed E-state index contributed by atoms with van der Waals surface area (Å²) in [4.78, 5) is 19.4. The van der Waals surface area contributed by atoms with Gasteiger partial charge >= 0.3 is 11.9 Å². The lowest BCUT2D eigenvalue weighted by Gasteiger charge is -1.80. The largest absolute Gasteiger partial charge is 0.481 e. The van der Waals surface area contributed by atoms with Crippen LogP contribution in [0.15, 0.2) is 0 Å². The van der Waals surface area contributed by atoms with Crippen LogP contribution in [0.3, 0.4) is 0 Å². The summed E-state index contributed by atoms with van der Waals surface area (Å²) in [6.45, 7) is 1.36. The van der Waals surface area contributed by atoms with E-state index in [4.69, 9.17) is 5.11 Å². The van der Waals surface area contributed by atoms with E-state index in [9.17, 15) is 9.59 Å². The Hall–Kier alpha value is -1.06. The second-order valence-electron chi connectivity index (χ2n) is 2.31. The van der Waals surface area contributed by atoms with Gasteiger partial charge in [-0.05, 0) is 12.8 Å². The number of rotatable bonds is 1. The number of esters is 1. The van der Waals surface area contributed by atoms with Crippen molar-refractivity contribution in [3.8, 4) is 0 Å². The number of aliphatic carboxylic acids is 1. The van der Waals surface area contributed by atoms with Gasteiger partial charge in [-0.1, -0.05) is 0 Å². The summed E-state index contributed by atoms with van der Waals surface area (Å²) in [5.74, 6) is -0.856. The second-order valence-corrected chi connectivity index (χ2v) is 2.31. The monoisotopic (exact) mass is 160 g/mol. The molecule has 0 saturated heterocycles. The van der Waals surface area contributed by atoms with E-state index in [0.717, 1.165) is 12.8 Å². The lowest BCUT2D eigenvalue weighted by Crippen LogP contribution is -1.94.